The Labute approximate surface area is 258 Å². The number of alkyl halides is 6. The molecule has 242 valence electrons. The number of aryl methyl sites for hydroxylation is 1. The molecule has 2 aliphatic rings. The van der Waals surface area contributed by atoms with Crippen molar-refractivity contribution >= 4 is 16.8 Å². The molecule has 6 nitrogen and oxygen atoms in total. The Bertz CT molecular complexity index is 1510. The van der Waals surface area contributed by atoms with Crippen LogP contribution in [-0.4, -0.2) is 89.7 Å². The average molecular weight is 635 g/mol. The number of aromatic amines is 1. The lowest BCUT2D eigenvalue weighted by Crippen LogP contribution is -2.55. The summed E-state index contributed by atoms with van der Waals surface area (Å²) in [7, 11) is 0. The Morgan fingerprint density at radius 2 is 1.58 bits per heavy atom. The molecule has 3 aromatic rings. The molecule has 3 heterocycles. The number of halogens is 6. The molecule has 0 saturated carbocycles. The molecule has 2 aromatic carbocycles. The Hall–Kier alpha value is -3.53. The number of nitrogens with zero attached hydrogens (tertiary/aromatic N) is 3. The van der Waals surface area contributed by atoms with Gasteiger partial charge in [0.2, 0.25) is 0 Å². The Morgan fingerprint density at radius 3 is 2.24 bits per heavy atom. The van der Waals surface area contributed by atoms with Crippen LogP contribution in [0.2, 0.25) is 0 Å². The maximum absolute atomic E-state index is 13.7. The smallest absolute Gasteiger partial charge is 0.378 e. The molecule has 1 amide bonds. The van der Waals surface area contributed by atoms with Gasteiger partial charge in [-0.15, -0.1) is 0 Å². The van der Waals surface area contributed by atoms with Crippen LogP contribution < -0.4 is 0 Å². The summed E-state index contributed by atoms with van der Waals surface area (Å²) < 4.78 is 86.9. The van der Waals surface area contributed by atoms with Gasteiger partial charge in [-0.05, 0) is 56.5 Å². The number of nitrogens with one attached hydrogen (secondary N) is 1. The Morgan fingerprint density at radius 1 is 0.933 bits per heavy atom. The fourth-order valence-electron chi connectivity index (χ4n) is 6.14. The highest BCUT2D eigenvalue weighted by Crippen LogP contribution is 2.37. The highest BCUT2D eigenvalue weighted by Gasteiger charge is 2.39. The summed E-state index contributed by atoms with van der Waals surface area (Å²) in [5.41, 5.74) is -1.67. The Kier molecular flexibility index (Phi) is 9.82. The molecule has 45 heavy (non-hydrogen) atoms. The van der Waals surface area contributed by atoms with Crippen molar-refractivity contribution in [1.82, 2.24) is 19.7 Å². The van der Waals surface area contributed by atoms with E-state index in [1.165, 1.54) is 4.90 Å². The molecule has 0 bridgehead atoms. The predicted molar refractivity (Wildman–Crippen MR) is 159 cm³/mol. The highest BCUT2D eigenvalue weighted by molar-refractivity contribution is 5.95. The number of para-hydroxylation sites is 1. The number of morpholine rings is 1. The van der Waals surface area contributed by atoms with E-state index in [1.54, 1.807) is 0 Å². The van der Waals surface area contributed by atoms with E-state index in [9.17, 15) is 31.1 Å². The average Bonchev–Trinajstić information content (AvgIpc) is 3.41. The van der Waals surface area contributed by atoms with Crippen molar-refractivity contribution < 1.29 is 35.9 Å². The number of carbonyl (C=O) groups is 1. The van der Waals surface area contributed by atoms with Crippen LogP contribution in [0.1, 0.15) is 47.3 Å². The number of rotatable bonds is 6. The second-order valence-electron chi connectivity index (χ2n) is 11.8. The fourth-order valence-corrected chi connectivity index (χ4v) is 6.14. The first-order valence-electron chi connectivity index (χ1n) is 15.0. The number of carbonyl (C=O) groups excluding carboxylic acids is 1. The molecule has 1 N–H and O–H groups in total. The van der Waals surface area contributed by atoms with Crippen molar-refractivity contribution in [2.45, 2.75) is 57.2 Å². The van der Waals surface area contributed by atoms with Crippen molar-refractivity contribution in [3.05, 3.63) is 70.9 Å². The number of amides is 1. The minimum absolute atomic E-state index is 0.0420. The molecule has 3 atom stereocenters. The van der Waals surface area contributed by atoms with E-state index in [4.69, 9.17) is 4.74 Å². The SMILES string of the molecule is C[C@H]1COC[C@H](C)N1CC#CCN1CCN(C(=O)c2cc(C(F)(F)F)cc(C(F)(F)F)c2)[C@H](CCc2c[nH]c3ccccc23)C1. The fraction of sp³-hybridized carbons (Fsp3) is 0.485. The third kappa shape index (κ3) is 7.83. The van der Waals surface area contributed by atoms with Crippen LogP contribution in [-0.2, 0) is 23.5 Å². The van der Waals surface area contributed by atoms with Gasteiger partial charge in [0, 0.05) is 60.4 Å². The molecule has 0 unspecified atom stereocenters. The summed E-state index contributed by atoms with van der Waals surface area (Å²) in [5, 5.41) is 1.02. The summed E-state index contributed by atoms with van der Waals surface area (Å²) in [6.45, 7) is 7.42. The van der Waals surface area contributed by atoms with Crippen LogP contribution in [0, 0.1) is 11.8 Å². The normalized spacial score (nSPS) is 22.0. The van der Waals surface area contributed by atoms with Crippen LogP contribution in [0.15, 0.2) is 48.7 Å². The third-order valence-corrected chi connectivity index (χ3v) is 8.62. The molecule has 2 aliphatic heterocycles. The van der Waals surface area contributed by atoms with Gasteiger partial charge in [0.25, 0.3) is 5.91 Å². The van der Waals surface area contributed by atoms with Crippen LogP contribution in [0.4, 0.5) is 26.3 Å². The van der Waals surface area contributed by atoms with E-state index < -0.39 is 41.0 Å². The zero-order valence-electron chi connectivity index (χ0n) is 25.1. The van der Waals surface area contributed by atoms with Gasteiger partial charge in [-0.3, -0.25) is 14.6 Å². The predicted octanol–water partition coefficient (Wildman–Crippen LogP) is 6.08. The standard InChI is InChI=1S/C33H36F6N4O2/c1-22-20-45-21-23(2)42(22)12-6-5-11-41-13-14-43(28(19-41)10-9-24-18-40-30-8-4-3-7-29(24)30)31(44)25-15-26(32(34,35)36)17-27(16-25)33(37,38)39/h3-4,7-8,15-18,22-23,28,40H,9-14,19-21H2,1-2H3/t22-,23-,28+/m0/s1. The highest BCUT2D eigenvalue weighted by atomic mass is 19.4. The second-order valence-corrected chi connectivity index (χ2v) is 11.8. The van der Waals surface area contributed by atoms with Crippen molar-refractivity contribution in [1.29, 1.82) is 0 Å². The summed E-state index contributed by atoms with van der Waals surface area (Å²) in [6, 6.07) is 8.86. The van der Waals surface area contributed by atoms with E-state index >= 15 is 0 Å². The van der Waals surface area contributed by atoms with Gasteiger partial charge < -0.3 is 14.6 Å². The minimum atomic E-state index is -5.04. The number of H-pyrrole nitrogens is 1. The van der Waals surface area contributed by atoms with Gasteiger partial charge in [-0.25, -0.2) is 0 Å². The van der Waals surface area contributed by atoms with E-state index in [0.29, 0.717) is 64.4 Å². The van der Waals surface area contributed by atoms with E-state index in [2.05, 4.69) is 40.5 Å². The van der Waals surface area contributed by atoms with Gasteiger partial charge in [0.15, 0.2) is 0 Å². The molecule has 12 heteroatoms. The molecule has 0 radical (unpaired) electrons. The maximum Gasteiger partial charge on any atom is 0.416 e. The number of ether oxygens (including phenoxy) is 1. The number of fused-ring (bicyclic) bond motifs is 1. The van der Waals surface area contributed by atoms with E-state index in [0.717, 1.165) is 16.5 Å². The molecular weight excluding hydrogens is 598 g/mol. The third-order valence-electron chi connectivity index (χ3n) is 8.62. The van der Waals surface area contributed by atoms with Gasteiger partial charge >= 0.3 is 12.4 Å². The first kappa shape index (κ1) is 32.9. The summed E-state index contributed by atoms with van der Waals surface area (Å²) in [6.07, 6.45) is -7.18. The number of aromatic nitrogens is 1. The van der Waals surface area contributed by atoms with E-state index in [-0.39, 0.29) is 24.7 Å². The number of hydrogen-bond acceptors (Lipinski definition) is 4. The largest absolute Gasteiger partial charge is 0.416 e. The van der Waals surface area contributed by atoms with Crippen LogP contribution in [0.25, 0.3) is 10.9 Å². The minimum Gasteiger partial charge on any atom is -0.378 e. The van der Waals surface area contributed by atoms with Crippen molar-refractivity contribution in [3.63, 3.8) is 0 Å². The van der Waals surface area contributed by atoms with Crippen LogP contribution in [0.5, 0.6) is 0 Å². The van der Waals surface area contributed by atoms with Crippen LogP contribution >= 0.6 is 0 Å². The van der Waals surface area contributed by atoms with E-state index in [1.807, 2.05) is 30.5 Å². The zero-order valence-corrected chi connectivity index (χ0v) is 25.1. The quantitative estimate of drug-likeness (QED) is 0.264. The lowest BCUT2D eigenvalue weighted by molar-refractivity contribution is -0.143. The maximum atomic E-state index is 13.7. The molecule has 1 aromatic heterocycles. The molecule has 0 spiro atoms. The Balaban J connectivity index is 1.36. The van der Waals surface area contributed by atoms with Crippen molar-refractivity contribution in [3.8, 4) is 11.8 Å². The topological polar surface area (TPSA) is 51.8 Å². The summed E-state index contributed by atoms with van der Waals surface area (Å²) in [5.74, 6) is 5.60. The van der Waals surface area contributed by atoms with Crippen molar-refractivity contribution in [2.75, 3.05) is 45.9 Å². The number of hydrogen-bond donors (Lipinski definition) is 1. The lowest BCUT2D eigenvalue weighted by Gasteiger charge is -2.41. The zero-order chi connectivity index (χ0) is 32.4. The van der Waals surface area contributed by atoms with Gasteiger partial charge in [0.05, 0.1) is 37.4 Å². The van der Waals surface area contributed by atoms with Gasteiger partial charge in [0.1, 0.15) is 0 Å². The molecule has 5 rings (SSSR count). The van der Waals surface area contributed by atoms with Crippen LogP contribution in [0.3, 0.4) is 0 Å². The lowest BCUT2D eigenvalue weighted by atomic mass is 9.99. The second kappa shape index (κ2) is 13.4. The number of benzene rings is 2. The monoisotopic (exact) mass is 634 g/mol. The first-order chi connectivity index (χ1) is 21.3. The van der Waals surface area contributed by atoms with Crippen molar-refractivity contribution in [2.24, 2.45) is 0 Å². The number of piperazine rings is 1. The summed E-state index contributed by atoms with van der Waals surface area (Å²) >= 11 is 0. The van der Waals surface area contributed by atoms with Gasteiger partial charge in [-0.2, -0.15) is 26.3 Å². The van der Waals surface area contributed by atoms with Gasteiger partial charge in [-0.1, -0.05) is 30.0 Å². The molecule has 0 aliphatic carbocycles. The summed E-state index contributed by atoms with van der Waals surface area (Å²) in [4.78, 5) is 22.7. The molecular formula is C33H36F6N4O2. The first-order valence-corrected chi connectivity index (χ1v) is 15.0. The molecule has 2 saturated heterocycles. The molecule has 2 fully saturated rings.